The molecule has 0 atom stereocenters. The third kappa shape index (κ3) is 5.29. The van der Waals surface area contributed by atoms with E-state index in [0.29, 0.717) is 0 Å². The van der Waals surface area contributed by atoms with Crippen LogP contribution in [0.3, 0.4) is 0 Å². The van der Waals surface area contributed by atoms with Gasteiger partial charge in [-0.1, -0.05) is 26.0 Å². The average Bonchev–Trinajstić information content (AvgIpc) is 2.55. The molecular formula is C19H32N2O. The SMILES string of the molecule is CCCOc1ccc(CC)cc1CCCN1CCN(C)CC1. The highest BCUT2D eigenvalue weighted by molar-refractivity contribution is 5.37. The van der Waals surface area contributed by atoms with Gasteiger partial charge in [-0.3, -0.25) is 0 Å². The van der Waals surface area contributed by atoms with E-state index in [1.165, 1.54) is 50.3 Å². The van der Waals surface area contributed by atoms with E-state index in [1.807, 2.05) is 0 Å². The van der Waals surface area contributed by atoms with Crippen molar-refractivity contribution in [2.24, 2.45) is 0 Å². The molecule has 0 saturated carbocycles. The summed E-state index contributed by atoms with van der Waals surface area (Å²) in [6.45, 7) is 11.2. The van der Waals surface area contributed by atoms with Crippen LogP contribution in [0.25, 0.3) is 0 Å². The Labute approximate surface area is 136 Å². The van der Waals surface area contributed by atoms with Crippen LogP contribution < -0.4 is 4.74 Å². The second-order valence-corrected chi connectivity index (χ2v) is 6.39. The van der Waals surface area contributed by atoms with E-state index in [2.05, 4.69) is 48.9 Å². The van der Waals surface area contributed by atoms with Crippen LogP contribution in [0.4, 0.5) is 0 Å². The summed E-state index contributed by atoms with van der Waals surface area (Å²) in [6.07, 6.45) is 4.51. The molecule has 2 rings (SSSR count). The molecule has 0 spiro atoms. The lowest BCUT2D eigenvalue weighted by molar-refractivity contribution is 0.153. The Morgan fingerprint density at radius 2 is 1.86 bits per heavy atom. The monoisotopic (exact) mass is 304 g/mol. The molecule has 1 aromatic rings. The van der Waals surface area contributed by atoms with Crippen molar-refractivity contribution in [1.82, 2.24) is 9.80 Å². The Hall–Kier alpha value is -1.06. The molecule has 0 amide bonds. The van der Waals surface area contributed by atoms with Crippen molar-refractivity contribution >= 4 is 0 Å². The normalized spacial score (nSPS) is 16.9. The number of benzene rings is 1. The maximum atomic E-state index is 5.92. The molecule has 0 aromatic heterocycles. The van der Waals surface area contributed by atoms with Crippen molar-refractivity contribution in [3.8, 4) is 5.75 Å². The van der Waals surface area contributed by atoms with Crippen molar-refractivity contribution < 1.29 is 4.74 Å². The van der Waals surface area contributed by atoms with Crippen LogP contribution in [0.5, 0.6) is 5.75 Å². The second-order valence-electron chi connectivity index (χ2n) is 6.39. The fourth-order valence-corrected chi connectivity index (χ4v) is 2.97. The van der Waals surface area contributed by atoms with Gasteiger partial charge >= 0.3 is 0 Å². The maximum Gasteiger partial charge on any atom is 0.122 e. The fraction of sp³-hybridized carbons (Fsp3) is 0.684. The molecule has 1 saturated heterocycles. The molecule has 1 aliphatic heterocycles. The first-order chi connectivity index (χ1) is 10.7. The number of likely N-dealkylation sites (N-methyl/N-ethyl adjacent to an activating group) is 1. The Bertz CT molecular complexity index is 439. The van der Waals surface area contributed by atoms with Gasteiger partial charge in [0.2, 0.25) is 0 Å². The smallest absolute Gasteiger partial charge is 0.122 e. The molecule has 3 nitrogen and oxygen atoms in total. The molecule has 3 heteroatoms. The van der Waals surface area contributed by atoms with Gasteiger partial charge in [0.1, 0.15) is 5.75 Å². The first-order valence-corrected chi connectivity index (χ1v) is 8.88. The summed E-state index contributed by atoms with van der Waals surface area (Å²) in [4.78, 5) is 5.01. The first kappa shape index (κ1) is 17.3. The Kier molecular flexibility index (Phi) is 7.20. The highest BCUT2D eigenvalue weighted by Crippen LogP contribution is 2.22. The first-order valence-electron chi connectivity index (χ1n) is 8.88. The predicted molar refractivity (Wildman–Crippen MR) is 93.9 cm³/mol. The third-order valence-corrected chi connectivity index (χ3v) is 4.51. The minimum Gasteiger partial charge on any atom is -0.493 e. The summed E-state index contributed by atoms with van der Waals surface area (Å²) in [5.41, 5.74) is 2.81. The molecule has 0 bridgehead atoms. The number of hydrogen-bond acceptors (Lipinski definition) is 3. The summed E-state index contributed by atoms with van der Waals surface area (Å²) in [6, 6.07) is 6.71. The van der Waals surface area contributed by atoms with E-state index < -0.39 is 0 Å². The lowest BCUT2D eigenvalue weighted by atomic mass is 10.0. The zero-order valence-corrected chi connectivity index (χ0v) is 14.6. The molecule has 1 aliphatic rings. The molecule has 1 fully saturated rings. The fourth-order valence-electron chi connectivity index (χ4n) is 2.97. The van der Waals surface area contributed by atoms with E-state index in [-0.39, 0.29) is 0 Å². The second kappa shape index (κ2) is 9.16. The highest BCUT2D eigenvalue weighted by atomic mass is 16.5. The maximum absolute atomic E-state index is 5.92. The Morgan fingerprint density at radius 3 is 2.55 bits per heavy atom. The lowest BCUT2D eigenvalue weighted by Gasteiger charge is -2.32. The summed E-state index contributed by atoms with van der Waals surface area (Å²) in [5, 5.41) is 0. The molecular weight excluding hydrogens is 272 g/mol. The van der Waals surface area contributed by atoms with E-state index in [0.717, 1.165) is 31.6 Å². The number of rotatable bonds is 8. The quantitative estimate of drug-likeness (QED) is 0.733. The number of piperazine rings is 1. The predicted octanol–water partition coefficient (Wildman–Crippen LogP) is 3.22. The van der Waals surface area contributed by atoms with Crippen molar-refractivity contribution in [1.29, 1.82) is 0 Å². The van der Waals surface area contributed by atoms with Gasteiger partial charge in [-0.15, -0.1) is 0 Å². The van der Waals surface area contributed by atoms with E-state index in [4.69, 9.17) is 4.74 Å². The Morgan fingerprint density at radius 1 is 1.09 bits per heavy atom. The molecule has 0 radical (unpaired) electrons. The van der Waals surface area contributed by atoms with Crippen molar-refractivity contribution in [3.05, 3.63) is 29.3 Å². The molecule has 0 aliphatic carbocycles. The number of nitrogens with zero attached hydrogens (tertiary/aromatic N) is 2. The van der Waals surface area contributed by atoms with Gasteiger partial charge in [-0.05, 0) is 56.5 Å². The van der Waals surface area contributed by atoms with Crippen LogP contribution in [0.15, 0.2) is 18.2 Å². The van der Waals surface area contributed by atoms with Crippen molar-refractivity contribution in [2.45, 2.75) is 39.5 Å². The van der Waals surface area contributed by atoms with E-state index in [1.54, 1.807) is 0 Å². The minimum absolute atomic E-state index is 0.816. The van der Waals surface area contributed by atoms with Gasteiger partial charge in [-0.25, -0.2) is 0 Å². The Balaban J connectivity index is 1.86. The summed E-state index contributed by atoms with van der Waals surface area (Å²) in [5.74, 6) is 1.09. The zero-order valence-electron chi connectivity index (χ0n) is 14.6. The summed E-state index contributed by atoms with van der Waals surface area (Å²) >= 11 is 0. The molecule has 0 unspecified atom stereocenters. The number of hydrogen-bond donors (Lipinski definition) is 0. The van der Waals surface area contributed by atoms with E-state index >= 15 is 0 Å². The van der Waals surface area contributed by atoms with Crippen LogP contribution >= 0.6 is 0 Å². The van der Waals surface area contributed by atoms with Gasteiger partial charge < -0.3 is 14.5 Å². The molecule has 1 heterocycles. The van der Waals surface area contributed by atoms with Gasteiger partial charge in [0.25, 0.3) is 0 Å². The van der Waals surface area contributed by atoms with Gasteiger partial charge in [0, 0.05) is 26.2 Å². The number of ether oxygens (including phenoxy) is 1. The van der Waals surface area contributed by atoms with Gasteiger partial charge in [0.15, 0.2) is 0 Å². The van der Waals surface area contributed by atoms with Crippen LogP contribution in [0.1, 0.15) is 37.8 Å². The van der Waals surface area contributed by atoms with Crippen LogP contribution in [0, 0.1) is 0 Å². The lowest BCUT2D eigenvalue weighted by Crippen LogP contribution is -2.44. The van der Waals surface area contributed by atoms with Crippen LogP contribution in [-0.2, 0) is 12.8 Å². The van der Waals surface area contributed by atoms with Crippen LogP contribution in [0.2, 0.25) is 0 Å². The minimum atomic E-state index is 0.816. The average molecular weight is 304 g/mol. The third-order valence-electron chi connectivity index (χ3n) is 4.51. The van der Waals surface area contributed by atoms with Gasteiger partial charge in [-0.2, -0.15) is 0 Å². The molecule has 124 valence electrons. The summed E-state index contributed by atoms with van der Waals surface area (Å²) < 4.78 is 5.92. The number of aryl methyl sites for hydroxylation is 2. The molecule has 22 heavy (non-hydrogen) atoms. The highest BCUT2D eigenvalue weighted by Gasteiger charge is 2.13. The largest absolute Gasteiger partial charge is 0.493 e. The zero-order chi connectivity index (χ0) is 15.8. The van der Waals surface area contributed by atoms with E-state index in [9.17, 15) is 0 Å². The molecule has 1 aromatic carbocycles. The van der Waals surface area contributed by atoms with Gasteiger partial charge in [0.05, 0.1) is 6.61 Å². The standard InChI is InChI=1S/C19H32N2O/c1-4-15-22-19-9-8-17(5-2)16-18(19)7-6-10-21-13-11-20(3)12-14-21/h8-9,16H,4-7,10-15H2,1-3H3. The molecule has 0 N–H and O–H groups in total. The van der Waals surface area contributed by atoms with Crippen LogP contribution in [-0.4, -0.2) is 56.2 Å². The summed E-state index contributed by atoms with van der Waals surface area (Å²) in [7, 11) is 2.21. The topological polar surface area (TPSA) is 15.7 Å². The van der Waals surface area contributed by atoms with Crippen molar-refractivity contribution in [2.75, 3.05) is 46.4 Å². The van der Waals surface area contributed by atoms with Crippen molar-refractivity contribution in [3.63, 3.8) is 0 Å².